The predicted octanol–water partition coefficient (Wildman–Crippen LogP) is 3.30. The van der Waals surface area contributed by atoms with E-state index in [1.54, 1.807) is 55.5 Å². The Hall–Kier alpha value is -2.29. The number of hydrogen-bond acceptors (Lipinski definition) is 3. The number of halogens is 2. The molecule has 120 valence electrons. The molecular weight excluding hydrogens is 298 g/mol. The predicted molar refractivity (Wildman–Crippen MR) is 83.9 cm³/mol. The average Bonchev–Trinajstić information content (AvgIpc) is 2.57. The van der Waals surface area contributed by atoms with Crippen molar-refractivity contribution in [3.05, 3.63) is 71.3 Å². The molecule has 0 heterocycles. The van der Waals surface area contributed by atoms with Gasteiger partial charge in [0.1, 0.15) is 0 Å². The summed E-state index contributed by atoms with van der Waals surface area (Å²) in [5.74, 6) is -3.37. The van der Waals surface area contributed by atoms with E-state index in [1.165, 1.54) is 12.1 Å². The Kier molecular flexibility index (Phi) is 5.43. The maximum atomic E-state index is 14.6. The van der Waals surface area contributed by atoms with Crippen molar-refractivity contribution in [2.24, 2.45) is 0 Å². The number of nitriles is 1. The Labute approximate surface area is 134 Å². The number of aryl methyl sites for hydroxylation is 1. The van der Waals surface area contributed by atoms with Gasteiger partial charge in [-0.2, -0.15) is 14.0 Å². The second-order valence-electron chi connectivity index (χ2n) is 5.36. The van der Waals surface area contributed by atoms with Crippen LogP contribution in [0.2, 0.25) is 0 Å². The highest BCUT2D eigenvalue weighted by Crippen LogP contribution is 2.33. The summed E-state index contributed by atoms with van der Waals surface area (Å²) in [4.78, 5) is 0. The third-order valence-electron chi connectivity index (χ3n) is 3.68. The molecule has 0 aliphatic heterocycles. The summed E-state index contributed by atoms with van der Waals surface area (Å²) in [7, 11) is 0. The summed E-state index contributed by atoms with van der Waals surface area (Å²) in [6.07, 6.45) is 0. The topological polar surface area (TPSA) is 56.0 Å². The van der Waals surface area contributed by atoms with Crippen LogP contribution in [0.4, 0.5) is 8.78 Å². The lowest BCUT2D eigenvalue weighted by Gasteiger charge is -2.27. The molecule has 0 bridgehead atoms. The molecule has 2 aromatic carbocycles. The van der Waals surface area contributed by atoms with Crippen molar-refractivity contribution in [3.8, 4) is 6.07 Å². The number of rotatable bonds is 6. The monoisotopic (exact) mass is 316 g/mol. The van der Waals surface area contributed by atoms with Crippen molar-refractivity contribution in [1.29, 1.82) is 5.26 Å². The van der Waals surface area contributed by atoms with Gasteiger partial charge < -0.3 is 5.11 Å². The second-order valence-corrected chi connectivity index (χ2v) is 5.36. The van der Waals surface area contributed by atoms with Crippen LogP contribution < -0.4 is 5.32 Å². The van der Waals surface area contributed by atoms with Gasteiger partial charge in [-0.25, -0.2) is 0 Å². The van der Waals surface area contributed by atoms with E-state index >= 15 is 0 Å². The van der Waals surface area contributed by atoms with Gasteiger partial charge >= 0.3 is 5.92 Å². The van der Waals surface area contributed by atoms with Crippen LogP contribution in [0.1, 0.15) is 22.7 Å². The molecular formula is C18H18F2N2O. The van der Waals surface area contributed by atoms with E-state index in [9.17, 15) is 19.1 Å². The summed E-state index contributed by atoms with van der Waals surface area (Å²) in [6, 6.07) is 13.6. The van der Waals surface area contributed by atoms with Crippen LogP contribution in [-0.2, 0) is 5.92 Å². The Balaban J connectivity index is 2.24. The molecule has 0 radical (unpaired) electrons. The van der Waals surface area contributed by atoms with E-state index < -0.39 is 18.0 Å². The second kappa shape index (κ2) is 7.32. The Morgan fingerprint density at radius 3 is 2.26 bits per heavy atom. The van der Waals surface area contributed by atoms with Crippen molar-refractivity contribution in [1.82, 2.24) is 5.32 Å². The third-order valence-corrected chi connectivity index (χ3v) is 3.68. The molecule has 2 rings (SSSR count). The molecule has 0 saturated carbocycles. The minimum absolute atomic E-state index is 0.230. The maximum absolute atomic E-state index is 14.6. The summed E-state index contributed by atoms with van der Waals surface area (Å²) < 4.78 is 29.2. The van der Waals surface area contributed by atoms with Gasteiger partial charge in [-0.05, 0) is 12.5 Å². The van der Waals surface area contributed by atoms with Crippen LogP contribution in [0, 0.1) is 18.3 Å². The highest BCUT2D eigenvalue weighted by Gasteiger charge is 2.42. The highest BCUT2D eigenvalue weighted by atomic mass is 19.3. The molecule has 0 spiro atoms. The van der Waals surface area contributed by atoms with Gasteiger partial charge in [-0.1, -0.05) is 60.2 Å². The lowest BCUT2D eigenvalue weighted by Crippen LogP contribution is -2.44. The van der Waals surface area contributed by atoms with E-state index in [-0.39, 0.29) is 12.2 Å². The van der Waals surface area contributed by atoms with E-state index in [2.05, 4.69) is 5.32 Å². The molecule has 0 fully saturated rings. The fraction of sp³-hybridized carbons (Fsp3) is 0.278. The molecule has 2 unspecified atom stereocenters. The largest absolute Gasteiger partial charge is 0.394 e. The summed E-state index contributed by atoms with van der Waals surface area (Å²) in [6.45, 7) is 1.42. The normalized spacial score (nSPS) is 14.0. The molecule has 2 aromatic rings. The third kappa shape index (κ3) is 3.92. The van der Waals surface area contributed by atoms with Gasteiger partial charge in [-0.15, -0.1) is 0 Å². The number of aliphatic hydroxyl groups excluding tert-OH is 1. The van der Waals surface area contributed by atoms with Crippen LogP contribution in [0.25, 0.3) is 0 Å². The number of benzene rings is 2. The molecule has 0 amide bonds. The minimum Gasteiger partial charge on any atom is -0.394 e. The fourth-order valence-corrected chi connectivity index (χ4v) is 2.31. The van der Waals surface area contributed by atoms with Crippen molar-refractivity contribution >= 4 is 0 Å². The van der Waals surface area contributed by atoms with E-state index in [0.717, 1.165) is 5.56 Å². The molecule has 0 saturated heterocycles. The standard InChI is InChI=1S/C18H18F2N2O/c1-13-7-9-15(10-8-13)18(19,20)17(11-21)22-16(12-23)14-5-3-2-4-6-14/h2-10,16-17,22-23H,12H2,1H3. The number of alkyl halides is 2. The molecule has 0 aliphatic rings. The quantitative estimate of drug-likeness (QED) is 0.860. The van der Waals surface area contributed by atoms with Crippen molar-refractivity contribution in [3.63, 3.8) is 0 Å². The fourth-order valence-electron chi connectivity index (χ4n) is 2.31. The van der Waals surface area contributed by atoms with Crippen LogP contribution in [-0.4, -0.2) is 17.8 Å². The van der Waals surface area contributed by atoms with Gasteiger partial charge in [0.2, 0.25) is 0 Å². The van der Waals surface area contributed by atoms with E-state index in [1.807, 2.05) is 0 Å². The Morgan fingerprint density at radius 2 is 1.74 bits per heavy atom. The number of nitrogens with zero attached hydrogens (tertiary/aromatic N) is 1. The van der Waals surface area contributed by atoms with Crippen LogP contribution >= 0.6 is 0 Å². The number of aliphatic hydroxyl groups is 1. The van der Waals surface area contributed by atoms with Gasteiger partial charge in [-0.3, -0.25) is 5.32 Å². The average molecular weight is 316 g/mol. The van der Waals surface area contributed by atoms with Crippen LogP contribution in [0.3, 0.4) is 0 Å². The summed E-state index contributed by atoms with van der Waals surface area (Å²) >= 11 is 0. The van der Waals surface area contributed by atoms with E-state index in [4.69, 9.17) is 0 Å². The first-order valence-corrected chi connectivity index (χ1v) is 7.25. The molecule has 2 N–H and O–H groups in total. The lowest BCUT2D eigenvalue weighted by molar-refractivity contribution is -0.0309. The molecule has 0 aromatic heterocycles. The SMILES string of the molecule is Cc1ccc(C(F)(F)C(C#N)NC(CO)c2ccccc2)cc1. The summed E-state index contributed by atoms with van der Waals surface area (Å²) in [5.41, 5.74) is 1.28. The van der Waals surface area contributed by atoms with Crippen molar-refractivity contribution < 1.29 is 13.9 Å². The zero-order valence-electron chi connectivity index (χ0n) is 12.7. The zero-order chi connectivity index (χ0) is 16.9. The Morgan fingerprint density at radius 1 is 1.13 bits per heavy atom. The zero-order valence-corrected chi connectivity index (χ0v) is 12.7. The van der Waals surface area contributed by atoms with Gasteiger partial charge in [0.15, 0.2) is 6.04 Å². The first-order valence-electron chi connectivity index (χ1n) is 7.25. The lowest BCUT2D eigenvalue weighted by atomic mass is 9.98. The molecule has 23 heavy (non-hydrogen) atoms. The number of hydrogen-bond donors (Lipinski definition) is 2. The van der Waals surface area contributed by atoms with Gasteiger partial charge in [0.25, 0.3) is 0 Å². The van der Waals surface area contributed by atoms with Crippen LogP contribution in [0.5, 0.6) is 0 Å². The molecule has 3 nitrogen and oxygen atoms in total. The molecule has 2 atom stereocenters. The highest BCUT2D eigenvalue weighted by molar-refractivity contribution is 5.29. The van der Waals surface area contributed by atoms with Crippen molar-refractivity contribution in [2.45, 2.75) is 24.9 Å². The van der Waals surface area contributed by atoms with Crippen molar-refractivity contribution in [2.75, 3.05) is 6.61 Å². The smallest absolute Gasteiger partial charge is 0.301 e. The first-order chi connectivity index (χ1) is 11.0. The number of nitrogens with one attached hydrogen (secondary N) is 1. The van der Waals surface area contributed by atoms with E-state index in [0.29, 0.717) is 5.56 Å². The minimum atomic E-state index is -3.37. The molecule has 0 aliphatic carbocycles. The van der Waals surface area contributed by atoms with Crippen LogP contribution in [0.15, 0.2) is 54.6 Å². The maximum Gasteiger partial charge on any atom is 0.301 e. The first kappa shape index (κ1) is 17.1. The van der Waals surface area contributed by atoms with Gasteiger partial charge in [0, 0.05) is 5.56 Å². The van der Waals surface area contributed by atoms with Gasteiger partial charge in [0.05, 0.1) is 18.7 Å². The Bertz CT molecular complexity index is 666. The summed E-state index contributed by atoms with van der Waals surface area (Å²) in [5, 5.41) is 21.2. The molecule has 5 heteroatoms.